The SMILES string of the molecule is COC(=O)c1c(-c2ccc(Cl)cc2)csc1NC(=O)Cc1ccc(Cl)cc1. The predicted octanol–water partition coefficient (Wildman–Crippen LogP) is 5.69. The molecule has 0 spiro atoms. The Labute approximate surface area is 170 Å². The van der Waals surface area contributed by atoms with E-state index in [2.05, 4.69) is 5.32 Å². The Bertz CT molecular complexity index is 966. The second kappa shape index (κ2) is 8.57. The zero-order chi connectivity index (χ0) is 19.4. The Morgan fingerprint density at radius 2 is 1.59 bits per heavy atom. The molecule has 2 aromatic carbocycles. The number of hydrogen-bond donors (Lipinski definition) is 1. The predicted molar refractivity (Wildman–Crippen MR) is 110 cm³/mol. The van der Waals surface area contributed by atoms with Gasteiger partial charge in [-0.15, -0.1) is 11.3 Å². The van der Waals surface area contributed by atoms with Crippen LogP contribution in [0.25, 0.3) is 11.1 Å². The maximum absolute atomic E-state index is 12.4. The average Bonchev–Trinajstić information content (AvgIpc) is 3.07. The zero-order valence-electron chi connectivity index (χ0n) is 14.3. The number of hydrogen-bond acceptors (Lipinski definition) is 4. The Morgan fingerprint density at radius 1 is 1.00 bits per heavy atom. The van der Waals surface area contributed by atoms with Crippen LogP contribution in [0, 0.1) is 0 Å². The van der Waals surface area contributed by atoms with Gasteiger partial charge in [-0.25, -0.2) is 4.79 Å². The van der Waals surface area contributed by atoms with Crippen molar-refractivity contribution < 1.29 is 14.3 Å². The van der Waals surface area contributed by atoms with Crippen LogP contribution in [0.15, 0.2) is 53.9 Å². The fourth-order valence-electron chi connectivity index (χ4n) is 2.55. The lowest BCUT2D eigenvalue weighted by molar-refractivity contribution is -0.115. The normalized spacial score (nSPS) is 10.5. The average molecular weight is 420 g/mol. The molecule has 0 radical (unpaired) electrons. The number of benzene rings is 2. The second-order valence-corrected chi connectivity index (χ2v) is 7.46. The lowest BCUT2D eigenvalue weighted by Crippen LogP contribution is -2.16. The van der Waals surface area contributed by atoms with E-state index < -0.39 is 5.97 Å². The fraction of sp³-hybridized carbons (Fsp3) is 0.100. The number of anilines is 1. The van der Waals surface area contributed by atoms with Gasteiger partial charge in [-0.3, -0.25) is 4.79 Å². The van der Waals surface area contributed by atoms with Gasteiger partial charge in [-0.1, -0.05) is 47.5 Å². The summed E-state index contributed by atoms with van der Waals surface area (Å²) in [6.45, 7) is 0. The van der Waals surface area contributed by atoms with Crippen molar-refractivity contribution in [1.82, 2.24) is 0 Å². The van der Waals surface area contributed by atoms with Crippen LogP contribution in [-0.4, -0.2) is 19.0 Å². The summed E-state index contributed by atoms with van der Waals surface area (Å²) in [6.07, 6.45) is 0.173. The molecule has 0 bridgehead atoms. The van der Waals surface area contributed by atoms with Crippen molar-refractivity contribution >= 4 is 51.4 Å². The molecule has 0 aliphatic heterocycles. The van der Waals surface area contributed by atoms with Gasteiger partial charge in [0.1, 0.15) is 10.6 Å². The highest BCUT2D eigenvalue weighted by atomic mass is 35.5. The largest absolute Gasteiger partial charge is 0.465 e. The van der Waals surface area contributed by atoms with Crippen LogP contribution in [-0.2, 0) is 16.0 Å². The topological polar surface area (TPSA) is 55.4 Å². The molecular formula is C20H15Cl2NO3S. The minimum atomic E-state index is -0.511. The number of methoxy groups -OCH3 is 1. The lowest BCUT2D eigenvalue weighted by Gasteiger charge is -2.08. The van der Waals surface area contributed by atoms with Crippen molar-refractivity contribution in [3.8, 4) is 11.1 Å². The molecule has 0 saturated carbocycles. The number of carbonyl (C=O) groups excluding carboxylic acids is 2. The number of carbonyl (C=O) groups is 2. The van der Waals surface area contributed by atoms with Gasteiger partial charge in [0.2, 0.25) is 5.91 Å². The summed E-state index contributed by atoms with van der Waals surface area (Å²) in [6, 6.07) is 14.2. The number of thiophene rings is 1. The van der Waals surface area contributed by atoms with E-state index in [1.165, 1.54) is 18.4 Å². The van der Waals surface area contributed by atoms with Crippen molar-refractivity contribution in [3.63, 3.8) is 0 Å². The van der Waals surface area contributed by atoms with Gasteiger partial charge in [-0.05, 0) is 35.4 Å². The molecule has 0 saturated heterocycles. The third-order valence-electron chi connectivity index (χ3n) is 3.87. The van der Waals surface area contributed by atoms with Gasteiger partial charge < -0.3 is 10.1 Å². The first-order valence-corrected chi connectivity index (χ1v) is 9.61. The number of nitrogens with one attached hydrogen (secondary N) is 1. The maximum Gasteiger partial charge on any atom is 0.341 e. The number of ether oxygens (including phenoxy) is 1. The number of esters is 1. The molecule has 0 aliphatic carbocycles. The highest BCUT2D eigenvalue weighted by Gasteiger charge is 2.22. The highest BCUT2D eigenvalue weighted by Crippen LogP contribution is 2.36. The molecule has 0 aliphatic rings. The molecule has 1 N–H and O–H groups in total. The Hall–Kier alpha value is -2.34. The summed E-state index contributed by atoms with van der Waals surface area (Å²) in [5.74, 6) is -0.741. The summed E-state index contributed by atoms with van der Waals surface area (Å²) < 4.78 is 4.91. The molecule has 1 aromatic heterocycles. The highest BCUT2D eigenvalue weighted by molar-refractivity contribution is 7.15. The molecule has 27 heavy (non-hydrogen) atoms. The van der Waals surface area contributed by atoms with Crippen LogP contribution in [0.2, 0.25) is 10.0 Å². The zero-order valence-corrected chi connectivity index (χ0v) is 16.6. The Morgan fingerprint density at radius 3 is 2.19 bits per heavy atom. The minimum Gasteiger partial charge on any atom is -0.465 e. The fourth-order valence-corrected chi connectivity index (χ4v) is 3.78. The summed E-state index contributed by atoms with van der Waals surface area (Å²) in [7, 11) is 1.31. The summed E-state index contributed by atoms with van der Waals surface area (Å²) in [5.41, 5.74) is 2.65. The summed E-state index contributed by atoms with van der Waals surface area (Å²) >= 11 is 13.1. The second-order valence-electron chi connectivity index (χ2n) is 5.70. The van der Waals surface area contributed by atoms with Gasteiger partial charge in [-0.2, -0.15) is 0 Å². The molecule has 0 atom stereocenters. The first-order chi connectivity index (χ1) is 13.0. The lowest BCUT2D eigenvalue weighted by atomic mass is 10.0. The van der Waals surface area contributed by atoms with Crippen molar-refractivity contribution in [2.75, 3.05) is 12.4 Å². The third kappa shape index (κ3) is 4.69. The van der Waals surface area contributed by atoms with E-state index in [-0.39, 0.29) is 12.3 Å². The van der Waals surface area contributed by atoms with E-state index in [0.717, 1.165) is 11.1 Å². The Kier molecular flexibility index (Phi) is 6.16. The molecule has 1 heterocycles. The van der Waals surface area contributed by atoms with E-state index in [1.807, 2.05) is 17.5 Å². The van der Waals surface area contributed by atoms with Gasteiger partial charge in [0.05, 0.1) is 13.5 Å². The Balaban J connectivity index is 1.86. The van der Waals surface area contributed by atoms with E-state index in [1.54, 1.807) is 36.4 Å². The van der Waals surface area contributed by atoms with Crippen molar-refractivity contribution in [3.05, 3.63) is 75.1 Å². The maximum atomic E-state index is 12.4. The minimum absolute atomic E-state index is 0.173. The standard InChI is InChI=1S/C20H15Cl2NO3S/c1-26-20(25)18-16(13-4-8-15(22)9-5-13)11-27-19(18)23-17(24)10-12-2-6-14(21)7-3-12/h2-9,11H,10H2,1H3,(H,23,24). The van der Waals surface area contributed by atoms with Crippen LogP contribution in [0.5, 0.6) is 0 Å². The van der Waals surface area contributed by atoms with Crippen LogP contribution < -0.4 is 5.32 Å². The molecular weight excluding hydrogens is 405 g/mol. The smallest absolute Gasteiger partial charge is 0.341 e. The molecule has 1 amide bonds. The van der Waals surface area contributed by atoms with Crippen LogP contribution in [0.1, 0.15) is 15.9 Å². The van der Waals surface area contributed by atoms with Crippen LogP contribution >= 0.6 is 34.5 Å². The van der Waals surface area contributed by atoms with Gasteiger partial charge in [0, 0.05) is 21.0 Å². The van der Waals surface area contributed by atoms with Crippen LogP contribution in [0.4, 0.5) is 5.00 Å². The van der Waals surface area contributed by atoms with E-state index in [0.29, 0.717) is 26.2 Å². The van der Waals surface area contributed by atoms with Crippen molar-refractivity contribution in [2.24, 2.45) is 0 Å². The number of halogens is 2. The molecule has 3 rings (SSSR count). The van der Waals surface area contributed by atoms with Gasteiger partial charge >= 0.3 is 5.97 Å². The quantitative estimate of drug-likeness (QED) is 0.540. The number of amides is 1. The molecule has 0 fully saturated rings. The van der Waals surface area contributed by atoms with Gasteiger partial charge in [0.15, 0.2) is 0 Å². The summed E-state index contributed by atoms with van der Waals surface area (Å²) in [4.78, 5) is 24.7. The molecule has 138 valence electrons. The molecule has 7 heteroatoms. The van der Waals surface area contributed by atoms with Crippen LogP contribution in [0.3, 0.4) is 0 Å². The third-order valence-corrected chi connectivity index (χ3v) is 5.27. The van der Waals surface area contributed by atoms with Crippen molar-refractivity contribution in [1.29, 1.82) is 0 Å². The van der Waals surface area contributed by atoms with E-state index in [4.69, 9.17) is 27.9 Å². The monoisotopic (exact) mass is 419 g/mol. The summed E-state index contributed by atoms with van der Waals surface area (Å²) in [5, 5.41) is 6.28. The first kappa shape index (κ1) is 19.4. The number of rotatable bonds is 5. The molecule has 4 nitrogen and oxygen atoms in total. The first-order valence-electron chi connectivity index (χ1n) is 7.98. The van der Waals surface area contributed by atoms with E-state index in [9.17, 15) is 9.59 Å². The van der Waals surface area contributed by atoms with E-state index >= 15 is 0 Å². The van der Waals surface area contributed by atoms with Crippen molar-refractivity contribution in [2.45, 2.75) is 6.42 Å². The molecule has 3 aromatic rings. The molecule has 0 unspecified atom stereocenters. The van der Waals surface area contributed by atoms with Gasteiger partial charge in [0.25, 0.3) is 0 Å².